The number of nitrogens with two attached hydrogens (primary N) is 1. The number of carbonyl (C=O) groups is 1. The van der Waals surface area contributed by atoms with Crippen LogP contribution in [0.4, 0.5) is 11.4 Å². The van der Waals surface area contributed by atoms with Crippen molar-refractivity contribution in [2.75, 3.05) is 23.7 Å². The first kappa shape index (κ1) is 12.0. The number of pyridine rings is 1. The van der Waals surface area contributed by atoms with Crippen LogP contribution in [-0.4, -0.2) is 23.9 Å². The van der Waals surface area contributed by atoms with Crippen LogP contribution in [0, 0.1) is 5.92 Å². The normalized spacial score (nSPS) is 21.0. The molecule has 5 heterocycles. The zero-order chi connectivity index (χ0) is 14.1. The van der Waals surface area contributed by atoms with Crippen LogP contribution in [0.25, 0.3) is 10.2 Å². The highest BCUT2D eigenvalue weighted by atomic mass is 32.1. The summed E-state index contributed by atoms with van der Waals surface area (Å²) < 4.78 is 0. The first-order valence-electron chi connectivity index (χ1n) is 7.74. The molecule has 1 aliphatic carbocycles. The van der Waals surface area contributed by atoms with Crippen LogP contribution in [0.15, 0.2) is 6.07 Å². The summed E-state index contributed by atoms with van der Waals surface area (Å²) in [6, 6.07) is 2.18. The summed E-state index contributed by atoms with van der Waals surface area (Å²) in [5.41, 5.74) is 9.40. The fourth-order valence-corrected chi connectivity index (χ4v) is 4.81. The fraction of sp³-hybridized carbons (Fsp3) is 0.500. The number of anilines is 2. The van der Waals surface area contributed by atoms with Crippen LogP contribution in [0.2, 0.25) is 0 Å². The third kappa shape index (κ3) is 1.61. The van der Waals surface area contributed by atoms with Crippen LogP contribution in [0.1, 0.15) is 47.0 Å². The maximum Gasteiger partial charge on any atom is 0.178 e. The number of carbonyl (C=O) groups excluding carboxylic acids is 1. The number of rotatable bonds is 2. The Kier molecular flexibility index (Phi) is 2.27. The SMILES string of the molecule is Nc1c(C(=O)C2CC2)sc2nc3c(cc12)N1CCC3CC1. The maximum atomic E-state index is 12.4. The van der Waals surface area contributed by atoms with Gasteiger partial charge in [0.15, 0.2) is 5.78 Å². The first-order chi connectivity index (χ1) is 10.2. The van der Waals surface area contributed by atoms with Gasteiger partial charge in [-0.1, -0.05) is 0 Å². The quantitative estimate of drug-likeness (QED) is 0.865. The van der Waals surface area contributed by atoms with E-state index in [1.165, 1.54) is 35.6 Å². The molecule has 5 heteroatoms. The number of Topliss-reactive ketones (excluding diaryl/α,β-unsaturated/α-hetero) is 1. The van der Waals surface area contributed by atoms with Crippen molar-refractivity contribution in [2.45, 2.75) is 31.6 Å². The summed E-state index contributed by atoms with van der Waals surface area (Å²) in [6.07, 6.45) is 4.46. The van der Waals surface area contributed by atoms with Crippen molar-refractivity contribution in [3.05, 3.63) is 16.6 Å². The van der Waals surface area contributed by atoms with Crippen molar-refractivity contribution in [3.63, 3.8) is 0 Å². The lowest BCUT2D eigenvalue weighted by Gasteiger charge is -2.41. The summed E-state index contributed by atoms with van der Waals surface area (Å²) >= 11 is 1.50. The topological polar surface area (TPSA) is 59.2 Å². The van der Waals surface area contributed by atoms with E-state index in [-0.39, 0.29) is 11.7 Å². The smallest absolute Gasteiger partial charge is 0.178 e. The molecule has 0 spiro atoms. The van der Waals surface area contributed by atoms with Crippen molar-refractivity contribution in [3.8, 4) is 0 Å². The predicted molar refractivity (Wildman–Crippen MR) is 85.3 cm³/mol. The van der Waals surface area contributed by atoms with Crippen molar-refractivity contribution >= 4 is 38.7 Å². The zero-order valence-corrected chi connectivity index (χ0v) is 12.6. The van der Waals surface area contributed by atoms with E-state index in [1.807, 2.05) is 0 Å². The van der Waals surface area contributed by atoms with Gasteiger partial charge in [0.1, 0.15) is 4.83 Å². The van der Waals surface area contributed by atoms with Crippen LogP contribution >= 0.6 is 11.3 Å². The van der Waals surface area contributed by atoms with Gasteiger partial charge in [0.2, 0.25) is 0 Å². The Hall–Kier alpha value is -1.62. The minimum absolute atomic E-state index is 0.218. The molecule has 2 aromatic heterocycles. The Morgan fingerprint density at radius 3 is 2.76 bits per heavy atom. The second kappa shape index (κ2) is 3.97. The average molecular weight is 299 g/mol. The number of aromatic nitrogens is 1. The van der Waals surface area contributed by atoms with Crippen molar-refractivity contribution in [2.24, 2.45) is 5.92 Å². The van der Waals surface area contributed by atoms with E-state index in [1.54, 1.807) is 0 Å². The highest BCUT2D eigenvalue weighted by Gasteiger charge is 2.35. The van der Waals surface area contributed by atoms with E-state index in [0.717, 1.165) is 41.0 Å². The molecule has 2 fully saturated rings. The van der Waals surface area contributed by atoms with Gasteiger partial charge < -0.3 is 10.6 Å². The highest BCUT2D eigenvalue weighted by molar-refractivity contribution is 7.21. The molecule has 3 aliphatic heterocycles. The Balaban J connectivity index is 1.71. The number of hydrogen-bond acceptors (Lipinski definition) is 5. The van der Waals surface area contributed by atoms with E-state index >= 15 is 0 Å². The van der Waals surface area contributed by atoms with Gasteiger partial charge in [-0.2, -0.15) is 0 Å². The molecule has 4 aliphatic rings. The molecule has 2 N–H and O–H groups in total. The summed E-state index contributed by atoms with van der Waals surface area (Å²) in [6.45, 7) is 2.26. The van der Waals surface area contributed by atoms with E-state index in [0.29, 0.717) is 11.6 Å². The van der Waals surface area contributed by atoms with Crippen molar-refractivity contribution < 1.29 is 4.79 Å². The summed E-state index contributed by atoms with van der Waals surface area (Å²) in [4.78, 5) is 21.3. The molecule has 0 amide bonds. The molecular weight excluding hydrogens is 282 g/mol. The van der Waals surface area contributed by atoms with Gasteiger partial charge in [-0.25, -0.2) is 4.98 Å². The number of thiophene rings is 1. The van der Waals surface area contributed by atoms with Crippen LogP contribution in [0.5, 0.6) is 0 Å². The number of nitrogens with zero attached hydrogens (tertiary/aromatic N) is 2. The number of nitrogen functional groups attached to an aromatic ring is 1. The van der Waals surface area contributed by atoms with Gasteiger partial charge in [0, 0.05) is 30.3 Å². The van der Waals surface area contributed by atoms with Gasteiger partial charge >= 0.3 is 0 Å². The fourth-order valence-electron chi connectivity index (χ4n) is 3.71. The Morgan fingerprint density at radius 2 is 2.05 bits per heavy atom. The Bertz CT molecular complexity index is 769. The van der Waals surface area contributed by atoms with E-state index in [4.69, 9.17) is 10.7 Å². The van der Waals surface area contributed by atoms with Gasteiger partial charge in [-0.15, -0.1) is 11.3 Å². The molecule has 4 nitrogen and oxygen atoms in total. The average Bonchev–Trinajstić information content (AvgIpc) is 3.32. The monoisotopic (exact) mass is 299 g/mol. The second-order valence-electron chi connectivity index (χ2n) is 6.49. The maximum absolute atomic E-state index is 12.4. The highest BCUT2D eigenvalue weighted by Crippen LogP contribution is 2.46. The van der Waals surface area contributed by atoms with Gasteiger partial charge in [0.05, 0.1) is 21.9 Å². The van der Waals surface area contributed by atoms with E-state index < -0.39 is 0 Å². The number of hydrogen-bond donors (Lipinski definition) is 1. The molecule has 1 saturated heterocycles. The lowest BCUT2D eigenvalue weighted by atomic mass is 9.86. The minimum Gasteiger partial charge on any atom is -0.397 e. The molecule has 6 rings (SSSR count). The third-order valence-corrected chi connectivity index (χ3v) is 6.25. The molecule has 2 aromatic rings. The number of fused-ring (bicyclic) bond motifs is 3. The van der Waals surface area contributed by atoms with Gasteiger partial charge in [-0.05, 0) is 31.7 Å². The van der Waals surface area contributed by atoms with Crippen LogP contribution in [-0.2, 0) is 0 Å². The predicted octanol–water partition coefficient (Wildman–Crippen LogP) is 3.17. The standard InChI is InChI=1S/C16H17N3OS/c17-12-10-7-11-13(8-3-5-19(11)6-4-8)18-16(10)21-15(12)14(20)9-1-2-9/h7-9H,1-6,17H2. The Labute approximate surface area is 127 Å². The van der Waals surface area contributed by atoms with Gasteiger partial charge in [-0.3, -0.25) is 4.79 Å². The van der Waals surface area contributed by atoms with E-state index in [2.05, 4.69) is 11.0 Å². The van der Waals surface area contributed by atoms with Crippen LogP contribution < -0.4 is 10.6 Å². The summed E-state index contributed by atoms with van der Waals surface area (Å²) in [7, 11) is 0. The Morgan fingerprint density at radius 1 is 1.29 bits per heavy atom. The molecule has 1 saturated carbocycles. The molecule has 21 heavy (non-hydrogen) atoms. The van der Waals surface area contributed by atoms with Crippen LogP contribution in [0.3, 0.4) is 0 Å². The molecule has 108 valence electrons. The minimum atomic E-state index is 0.218. The zero-order valence-electron chi connectivity index (χ0n) is 11.8. The first-order valence-corrected chi connectivity index (χ1v) is 8.56. The van der Waals surface area contributed by atoms with Crippen molar-refractivity contribution in [1.82, 2.24) is 4.98 Å². The largest absolute Gasteiger partial charge is 0.397 e. The van der Waals surface area contributed by atoms with Gasteiger partial charge in [0.25, 0.3) is 0 Å². The third-order valence-electron chi connectivity index (χ3n) is 5.12. The molecule has 0 radical (unpaired) electrons. The number of piperidine rings is 1. The second-order valence-corrected chi connectivity index (χ2v) is 7.49. The summed E-state index contributed by atoms with van der Waals surface area (Å²) in [5, 5.41) is 0.982. The molecule has 0 atom stereocenters. The lowest BCUT2D eigenvalue weighted by molar-refractivity contribution is 0.0972. The van der Waals surface area contributed by atoms with Crippen molar-refractivity contribution in [1.29, 1.82) is 0 Å². The molecule has 0 aromatic carbocycles. The molecule has 2 bridgehead atoms. The van der Waals surface area contributed by atoms with E-state index in [9.17, 15) is 4.79 Å². The lowest BCUT2D eigenvalue weighted by Crippen LogP contribution is -2.39. The molecule has 0 unspecified atom stereocenters. The molecular formula is C16H17N3OS. The number of ketones is 1. The summed E-state index contributed by atoms with van der Waals surface area (Å²) in [5.74, 6) is 1.05.